The molecule has 0 aliphatic heterocycles. The van der Waals surface area contributed by atoms with Crippen LogP contribution in [0.25, 0.3) is 10.8 Å². The third-order valence-corrected chi connectivity index (χ3v) is 3.51. The minimum Gasteiger partial charge on any atom is -0.505 e. The second kappa shape index (κ2) is 3.65. The van der Waals surface area contributed by atoms with E-state index in [0.29, 0.717) is 0 Å². The Morgan fingerprint density at radius 3 is 2.22 bits per heavy atom. The molecule has 8 heteroatoms. The van der Waals surface area contributed by atoms with Gasteiger partial charge in [0, 0.05) is 5.39 Å². The molecular weight excluding hydrogens is 258 g/mol. The fraction of sp³-hybridized carbons (Fsp3) is 0. The van der Waals surface area contributed by atoms with Gasteiger partial charge in [-0.25, -0.2) is 0 Å². The van der Waals surface area contributed by atoms with Crippen LogP contribution in [-0.2, 0) is 10.1 Å². The molecule has 2 rings (SSSR count). The maximum atomic E-state index is 11.3. The van der Waals surface area contributed by atoms with Gasteiger partial charge in [0.1, 0.15) is 10.6 Å². The summed E-state index contributed by atoms with van der Waals surface area (Å²) in [5.74, 6) is -0.373. The molecule has 18 heavy (non-hydrogen) atoms. The summed E-state index contributed by atoms with van der Waals surface area (Å²) < 4.78 is 31.6. The second-order valence-electron chi connectivity index (χ2n) is 3.78. The molecule has 0 bridgehead atoms. The fourth-order valence-electron chi connectivity index (χ4n) is 1.74. The normalized spacial score (nSPS) is 11.8. The van der Waals surface area contributed by atoms with Crippen LogP contribution in [0.15, 0.2) is 23.1 Å². The van der Waals surface area contributed by atoms with Crippen LogP contribution < -0.4 is 17.2 Å². The highest BCUT2D eigenvalue weighted by Gasteiger charge is 2.20. The van der Waals surface area contributed by atoms with Gasteiger partial charge in [0.15, 0.2) is 0 Å². The molecule has 0 saturated heterocycles. The smallest absolute Gasteiger partial charge is 0.295 e. The quantitative estimate of drug-likeness (QED) is 0.287. The van der Waals surface area contributed by atoms with Gasteiger partial charge < -0.3 is 22.3 Å². The number of benzene rings is 2. The Kier molecular flexibility index (Phi) is 2.49. The van der Waals surface area contributed by atoms with E-state index in [1.54, 1.807) is 0 Å². The van der Waals surface area contributed by atoms with Gasteiger partial charge in [-0.15, -0.1) is 0 Å². The lowest BCUT2D eigenvalue weighted by Crippen LogP contribution is -2.04. The summed E-state index contributed by atoms with van der Waals surface area (Å²) in [7, 11) is -4.49. The Hall–Kier alpha value is -2.19. The van der Waals surface area contributed by atoms with E-state index in [4.69, 9.17) is 21.8 Å². The van der Waals surface area contributed by atoms with Crippen molar-refractivity contribution in [1.82, 2.24) is 0 Å². The number of fused-ring (bicyclic) bond motifs is 1. The number of nitrogen functional groups attached to an aromatic ring is 3. The molecule has 0 heterocycles. The van der Waals surface area contributed by atoms with E-state index < -0.39 is 15.0 Å². The number of phenols is 1. The average Bonchev–Trinajstić information content (AvgIpc) is 2.26. The monoisotopic (exact) mass is 269 g/mol. The van der Waals surface area contributed by atoms with Crippen molar-refractivity contribution in [3.05, 3.63) is 18.2 Å². The lowest BCUT2D eigenvalue weighted by atomic mass is 10.1. The maximum absolute atomic E-state index is 11.3. The number of hydrogen-bond acceptors (Lipinski definition) is 6. The zero-order valence-electron chi connectivity index (χ0n) is 9.08. The van der Waals surface area contributed by atoms with Gasteiger partial charge in [-0.3, -0.25) is 4.55 Å². The van der Waals surface area contributed by atoms with Crippen molar-refractivity contribution < 1.29 is 18.1 Å². The summed E-state index contributed by atoms with van der Waals surface area (Å²) in [6.07, 6.45) is 0. The van der Waals surface area contributed by atoms with Crippen LogP contribution in [0.5, 0.6) is 5.75 Å². The molecular formula is C10H11N3O4S. The predicted molar refractivity (Wildman–Crippen MR) is 68.7 cm³/mol. The third kappa shape index (κ3) is 1.67. The Morgan fingerprint density at radius 2 is 1.67 bits per heavy atom. The number of anilines is 3. The molecule has 7 nitrogen and oxygen atoms in total. The number of aromatic hydroxyl groups is 1. The van der Waals surface area contributed by atoms with Gasteiger partial charge in [0.05, 0.1) is 22.4 Å². The van der Waals surface area contributed by atoms with Crippen LogP contribution in [-0.4, -0.2) is 18.1 Å². The molecule has 0 fully saturated rings. The minimum absolute atomic E-state index is 0.00204. The van der Waals surface area contributed by atoms with E-state index in [0.717, 1.165) is 6.07 Å². The first-order valence-corrected chi connectivity index (χ1v) is 6.24. The summed E-state index contributed by atoms with van der Waals surface area (Å²) >= 11 is 0. The third-order valence-electron chi connectivity index (χ3n) is 2.62. The molecule has 96 valence electrons. The van der Waals surface area contributed by atoms with Crippen LogP contribution in [0, 0.1) is 0 Å². The molecule has 0 aromatic heterocycles. The number of rotatable bonds is 1. The average molecular weight is 269 g/mol. The first kappa shape index (κ1) is 12.3. The van der Waals surface area contributed by atoms with Gasteiger partial charge in [-0.1, -0.05) is 6.07 Å². The Bertz CT molecular complexity index is 747. The highest BCUT2D eigenvalue weighted by molar-refractivity contribution is 7.86. The number of hydrogen-bond donors (Lipinski definition) is 5. The molecule has 0 aliphatic rings. The predicted octanol–water partition coefficient (Wildman–Crippen LogP) is 0.539. The highest BCUT2D eigenvalue weighted by atomic mass is 32.2. The van der Waals surface area contributed by atoms with Crippen molar-refractivity contribution in [1.29, 1.82) is 0 Å². The Morgan fingerprint density at radius 1 is 1.06 bits per heavy atom. The van der Waals surface area contributed by atoms with Crippen molar-refractivity contribution in [2.24, 2.45) is 0 Å². The molecule has 0 amide bonds. The topological polar surface area (TPSA) is 153 Å². The summed E-state index contributed by atoms with van der Waals surface area (Å²) in [6.45, 7) is 0. The van der Waals surface area contributed by atoms with Crippen molar-refractivity contribution in [2.45, 2.75) is 4.90 Å². The van der Waals surface area contributed by atoms with E-state index >= 15 is 0 Å². The zero-order valence-corrected chi connectivity index (χ0v) is 9.90. The van der Waals surface area contributed by atoms with Crippen LogP contribution in [0.2, 0.25) is 0 Å². The lowest BCUT2D eigenvalue weighted by Gasteiger charge is -2.12. The molecule has 0 atom stereocenters. The van der Waals surface area contributed by atoms with Gasteiger partial charge in [0.2, 0.25) is 0 Å². The minimum atomic E-state index is -4.49. The lowest BCUT2D eigenvalue weighted by molar-refractivity contribution is 0.483. The van der Waals surface area contributed by atoms with Crippen molar-refractivity contribution >= 4 is 38.0 Å². The molecule has 0 spiro atoms. The summed E-state index contributed by atoms with van der Waals surface area (Å²) in [6, 6.07) is 3.67. The summed E-state index contributed by atoms with van der Waals surface area (Å²) in [5, 5.41) is 9.87. The van der Waals surface area contributed by atoms with Gasteiger partial charge in [0.25, 0.3) is 10.1 Å². The molecule has 0 aliphatic carbocycles. The van der Waals surface area contributed by atoms with E-state index in [-0.39, 0.29) is 33.6 Å². The van der Waals surface area contributed by atoms with E-state index in [9.17, 15) is 13.5 Å². The van der Waals surface area contributed by atoms with Crippen LogP contribution in [0.1, 0.15) is 0 Å². The molecule has 0 saturated carbocycles. The van der Waals surface area contributed by atoms with E-state index in [1.807, 2.05) is 0 Å². The Balaban J connectivity index is 3.11. The van der Waals surface area contributed by atoms with Crippen molar-refractivity contribution in [2.75, 3.05) is 17.2 Å². The number of phenolic OH excluding ortho intramolecular Hbond substituents is 1. The maximum Gasteiger partial charge on any atom is 0.295 e. The largest absolute Gasteiger partial charge is 0.505 e. The highest BCUT2D eigenvalue weighted by Crippen LogP contribution is 2.40. The molecule has 0 radical (unpaired) electrons. The van der Waals surface area contributed by atoms with Gasteiger partial charge in [-0.05, 0) is 12.1 Å². The number of nitrogens with two attached hydrogens (primary N) is 3. The van der Waals surface area contributed by atoms with Crippen LogP contribution >= 0.6 is 0 Å². The standard InChI is InChI=1S/C10H11N3O4S/c11-5-2-1-4-7(18(15,16)17)3-6(12)9(13)8(4)10(5)14/h1-3,14H,11-13H2,(H,15,16,17). The van der Waals surface area contributed by atoms with Crippen LogP contribution in [0.3, 0.4) is 0 Å². The fourth-order valence-corrected chi connectivity index (χ4v) is 2.46. The van der Waals surface area contributed by atoms with Crippen molar-refractivity contribution in [3.63, 3.8) is 0 Å². The first-order chi connectivity index (χ1) is 8.23. The molecule has 2 aromatic rings. The van der Waals surface area contributed by atoms with E-state index in [2.05, 4.69) is 0 Å². The zero-order chi connectivity index (χ0) is 13.7. The second-order valence-corrected chi connectivity index (χ2v) is 5.17. The summed E-state index contributed by atoms with van der Waals surface area (Å²) in [4.78, 5) is -0.431. The van der Waals surface area contributed by atoms with Gasteiger partial charge in [-0.2, -0.15) is 8.42 Å². The Labute approximate surface area is 103 Å². The molecule has 8 N–H and O–H groups in total. The molecule has 0 unspecified atom stereocenters. The summed E-state index contributed by atoms with van der Waals surface area (Å²) in [5.41, 5.74) is 16.7. The van der Waals surface area contributed by atoms with Crippen molar-refractivity contribution in [3.8, 4) is 5.75 Å². The molecule has 2 aromatic carbocycles. The van der Waals surface area contributed by atoms with Crippen LogP contribution in [0.4, 0.5) is 17.1 Å². The van der Waals surface area contributed by atoms with E-state index in [1.165, 1.54) is 12.1 Å². The van der Waals surface area contributed by atoms with Gasteiger partial charge >= 0.3 is 0 Å². The first-order valence-electron chi connectivity index (χ1n) is 4.80. The SMILES string of the molecule is Nc1cc(S(=O)(=O)O)c2ccc(N)c(O)c2c1N.